The van der Waals surface area contributed by atoms with Gasteiger partial charge in [0.05, 0.1) is 29.1 Å². The molecule has 2 aliphatic rings. The summed E-state index contributed by atoms with van der Waals surface area (Å²) in [7, 11) is 1.28. The number of hydrogen-bond donors (Lipinski definition) is 1. The largest absolute Gasteiger partial charge is 0.465 e. The van der Waals surface area contributed by atoms with Gasteiger partial charge in [-0.15, -0.1) is 11.3 Å². The van der Waals surface area contributed by atoms with Gasteiger partial charge in [0.1, 0.15) is 0 Å². The summed E-state index contributed by atoms with van der Waals surface area (Å²) in [4.78, 5) is 44.0. The Hall–Kier alpha value is -3.78. The van der Waals surface area contributed by atoms with Gasteiger partial charge in [-0.05, 0) is 65.8 Å². The van der Waals surface area contributed by atoms with Crippen LogP contribution in [0.4, 0.5) is 5.69 Å². The highest BCUT2D eigenvalue weighted by Gasteiger charge is 2.37. The van der Waals surface area contributed by atoms with Crippen molar-refractivity contribution in [2.75, 3.05) is 25.5 Å². The average molecular weight is 586 g/mol. The summed E-state index contributed by atoms with van der Waals surface area (Å²) in [5, 5.41) is 5.93. The number of aromatic nitrogens is 1. The molecule has 0 bridgehead atoms. The number of carbonyl (C=O) groups excluding carboxylic acids is 3. The predicted molar refractivity (Wildman–Crippen MR) is 167 cm³/mol. The van der Waals surface area contributed by atoms with E-state index in [1.54, 1.807) is 40.5 Å². The van der Waals surface area contributed by atoms with E-state index < -0.39 is 11.9 Å². The molecule has 1 aliphatic carbocycles. The van der Waals surface area contributed by atoms with Crippen molar-refractivity contribution in [3.63, 3.8) is 0 Å². The number of fused-ring (bicyclic) bond motifs is 1. The lowest BCUT2D eigenvalue weighted by Gasteiger charge is -2.42. The Balaban J connectivity index is 1.18. The predicted octanol–water partition coefficient (Wildman–Crippen LogP) is 6.85. The minimum atomic E-state index is -0.545. The van der Waals surface area contributed by atoms with Gasteiger partial charge in [-0.25, -0.2) is 9.78 Å². The minimum absolute atomic E-state index is 0.155. The lowest BCUT2D eigenvalue weighted by atomic mass is 9.63. The van der Waals surface area contributed by atoms with Gasteiger partial charge in [0.2, 0.25) is 11.8 Å². The number of hydrogen-bond acceptors (Lipinski definition) is 6. The van der Waals surface area contributed by atoms with Crippen LogP contribution in [0.15, 0.2) is 60.0 Å². The first-order chi connectivity index (χ1) is 20.0. The van der Waals surface area contributed by atoms with Gasteiger partial charge in [-0.1, -0.05) is 52.0 Å². The first-order valence-corrected chi connectivity index (χ1v) is 15.4. The molecule has 0 saturated carbocycles. The van der Waals surface area contributed by atoms with Crippen LogP contribution in [0.5, 0.6) is 0 Å². The van der Waals surface area contributed by atoms with Crippen molar-refractivity contribution in [1.82, 2.24) is 9.88 Å². The quantitative estimate of drug-likeness (QED) is 0.253. The van der Waals surface area contributed by atoms with Crippen molar-refractivity contribution in [1.29, 1.82) is 0 Å². The van der Waals surface area contributed by atoms with E-state index in [1.165, 1.54) is 48.8 Å². The number of benzene rings is 2. The Morgan fingerprint density at radius 3 is 2.38 bits per heavy atom. The third-order valence-electron chi connectivity index (χ3n) is 8.79. The number of para-hydroxylation sites is 1. The maximum Gasteiger partial charge on any atom is 0.339 e. The number of carbonyl (C=O) groups is 3. The number of rotatable bonds is 6. The number of piperidine rings is 1. The second kappa shape index (κ2) is 11.8. The molecular formula is C34H39N3O4S. The van der Waals surface area contributed by atoms with E-state index in [0.29, 0.717) is 24.7 Å². The molecule has 0 atom stereocenters. The van der Waals surface area contributed by atoms with Crippen LogP contribution in [0.2, 0.25) is 0 Å². The fraction of sp³-hybridized carbons (Fsp3) is 0.412. The number of methoxy groups -OCH3 is 1. The van der Waals surface area contributed by atoms with Crippen molar-refractivity contribution in [3.8, 4) is 11.3 Å². The molecule has 0 radical (unpaired) electrons. The normalized spacial score (nSPS) is 18.0. The summed E-state index contributed by atoms with van der Waals surface area (Å²) in [5.74, 6) is -0.928. The van der Waals surface area contributed by atoms with Crippen LogP contribution in [-0.2, 0) is 25.2 Å². The van der Waals surface area contributed by atoms with E-state index in [2.05, 4.69) is 56.6 Å². The summed E-state index contributed by atoms with van der Waals surface area (Å²) < 4.78 is 4.76. The molecule has 1 N–H and O–H groups in total. The highest BCUT2D eigenvalue weighted by atomic mass is 32.1. The van der Waals surface area contributed by atoms with Crippen molar-refractivity contribution >= 4 is 34.8 Å². The Morgan fingerprint density at radius 1 is 0.976 bits per heavy atom. The van der Waals surface area contributed by atoms with Crippen LogP contribution in [0.25, 0.3) is 11.3 Å². The summed E-state index contributed by atoms with van der Waals surface area (Å²) in [6.45, 7) is 10.6. The SMILES string of the molecule is COC(=O)c1ccccc1NC(=O)C=CC(=O)N1CCC(c2nc(-c3ccc4c(c3)C(C)(C)CCC4(C)C)cs2)CC1. The molecule has 1 fully saturated rings. The topological polar surface area (TPSA) is 88.6 Å². The fourth-order valence-electron chi connectivity index (χ4n) is 6.01. The summed E-state index contributed by atoms with van der Waals surface area (Å²) in [6.07, 6.45) is 6.53. The van der Waals surface area contributed by atoms with Crippen LogP contribution in [0.3, 0.4) is 0 Å². The van der Waals surface area contributed by atoms with E-state index in [4.69, 9.17) is 9.72 Å². The smallest absolute Gasteiger partial charge is 0.339 e. The zero-order valence-electron chi connectivity index (χ0n) is 25.0. The van der Waals surface area contributed by atoms with Gasteiger partial charge in [0.25, 0.3) is 0 Å². The average Bonchev–Trinajstić information content (AvgIpc) is 3.49. The van der Waals surface area contributed by atoms with Crippen LogP contribution in [0, 0.1) is 0 Å². The molecule has 0 unspecified atom stereocenters. The van der Waals surface area contributed by atoms with Crippen molar-refractivity contribution < 1.29 is 19.1 Å². The lowest BCUT2D eigenvalue weighted by Crippen LogP contribution is -2.37. The number of nitrogens with zero attached hydrogens (tertiary/aromatic N) is 2. The zero-order valence-corrected chi connectivity index (χ0v) is 25.8. The molecule has 220 valence electrons. The highest BCUT2D eigenvalue weighted by Crippen LogP contribution is 2.47. The van der Waals surface area contributed by atoms with Crippen LogP contribution in [-0.4, -0.2) is 47.9 Å². The van der Waals surface area contributed by atoms with Gasteiger partial charge in [0, 0.05) is 42.1 Å². The van der Waals surface area contributed by atoms with E-state index >= 15 is 0 Å². The Labute approximate surface area is 252 Å². The van der Waals surface area contributed by atoms with E-state index in [1.807, 2.05) is 0 Å². The Bertz CT molecular complexity index is 1530. The fourth-order valence-corrected chi connectivity index (χ4v) is 7.01. The molecule has 1 aliphatic heterocycles. The molecule has 5 rings (SSSR count). The Kier molecular flexibility index (Phi) is 8.37. The molecule has 2 heterocycles. The van der Waals surface area contributed by atoms with Crippen LogP contribution >= 0.6 is 11.3 Å². The second-order valence-electron chi connectivity index (χ2n) is 12.6. The number of esters is 1. The molecule has 8 heteroatoms. The molecule has 3 aromatic rings. The maximum absolute atomic E-state index is 12.8. The minimum Gasteiger partial charge on any atom is -0.465 e. The van der Waals surface area contributed by atoms with Crippen molar-refractivity contribution in [3.05, 3.63) is 81.7 Å². The van der Waals surface area contributed by atoms with E-state index in [0.717, 1.165) is 23.5 Å². The lowest BCUT2D eigenvalue weighted by molar-refractivity contribution is -0.127. The van der Waals surface area contributed by atoms with Gasteiger partial charge in [-0.2, -0.15) is 0 Å². The third kappa shape index (κ3) is 6.19. The molecule has 2 aromatic carbocycles. The number of amides is 2. The highest BCUT2D eigenvalue weighted by molar-refractivity contribution is 7.10. The van der Waals surface area contributed by atoms with Crippen molar-refractivity contribution in [2.24, 2.45) is 0 Å². The summed E-state index contributed by atoms with van der Waals surface area (Å²) in [5.41, 5.74) is 6.02. The summed E-state index contributed by atoms with van der Waals surface area (Å²) in [6, 6.07) is 13.5. The molecule has 42 heavy (non-hydrogen) atoms. The number of nitrogens with one attached hydrogen (secondary N) is 1. The molecule has 1 aromatic heterocycles. The number of anilines is 1. The molecule has 7 nitrogen and oxygen atoms in total. The van der Waals surface area contributed by atoms with Gasteiger partial charge in [-0.3, -0.25) is 9.59 Å². The number of likely N-dealkylation sites (tertiary alicyclic amines) is 1. The van der Waals surface area contributed by atoms with Crippen molar-refractivity contribution in [2.45, 2.75) is 70.1 Å². The number of ether oxygens (including phenoxy) is 1. The maximum atomic E-state index is 12.8. The van der Waals surface area contributed by atoms with Gasteiger partial charge < -0.3 is 15.0 Å². The van der Waals surface area contributed by atoms with Gasteiger partial charge >= 0.3 is 5.97 Å². The molecule has 0 spiro atoms. The number of thiazole rings is 1. The van der Waals surface area contributed by atoms with Crippen LogP contribution in [0.1, 0.15) is 85.8 Å². The third-order valence-corrected chi connectivity index (χ3v) is 9.80. The molecule has 1 saturated heterocycles. The first-order valence-electron chi connectivity index (χ1n) is 14.5. The molecule has 2 amide bonds. The van der Waals surface area contributed by atoms with E-state index in [-0.39, 0.29) is 22.3 Å². The first kappa shape index (κ1) is 29.7. The second-order valence-corrected chi connectivity index (χ2v) is 13.4. The van der Waals surface area contributed by atoms with Gasteiger partial charge in [0.15, 0.2) is 0 Å². The Morgan fingerprint density at radius 2 is 1.67 bits per heavy atom. The standard InChI is InChI=1S/C34H39N3O4S/c1-33(2)16-17-34(3,4)26-20-23(10-11-25(26)33)28-21-42-31(36-28)22-14-18-37(19-15-22)30(39)13-12-29(38)35-27-9-7-6-8-24(27)32(40)41-5/h6-13,20-22H,14-19H2,1-5H3,(H,35,38). The zero-order chi connectivity index (χ0) is 30.1. The van der Waals surface area contributed by atoms with Crippen LogP contribution < -0.4 is 5.32 Å². The monoisotopic (exact) mass is 585 g/mol. The van der Waals surface area contributed by atoms with E-state index in [9.17, 15) is 14.4 Å². The summed E-state index contributed by atoms with van der Waals surface area (Å²) >= 11 is 1.70. The molecular weight excluding hydrogens is 546 g/mol.